The van der Waals surface area contributed by atoms with E-state index in [0.717, 1.165) is 31.7 Å². The Hall–Kier alpha value is -0.340. The first-order valence-corrected chi connectivity index (χ1v) is 5.41. The van der Waals surface area contributed by atoms with Crippen LogP contribution in [-0.2, 0) is 4.74 Å². The third-order valence-corrected chi connectivity index (χ3v) is 1.93. The summed E-state index contributed by atoms with van der Waals surface area (Å²) in [5.41, 5.74) is 1.49. The highest BCUT2D eigenvalue weighted by molar-refractivity contribution is 4.96. The van der Waals surface area contributed by atoms with Gasteiger partial charge in [-0.3, -0.25) is 0 Å². The molecule has 0 saturated carbocycles. The molecule has 0 heterocycles. The SMILES string of the molecule is C=C(CNCC)COCCC(C)(C)C. The number of hydrogen-bond acceptors (Lipinski definition) is 2. The molecule has 0 aromatic carbocycles. The molecule has 2 heteroatoms. The second-order valence-corrected chi connectivity index (χ2v) is 4.89. The van der Waals surface area contributed by atoms with Gasteiger partial charge in [0.05, 0.1) is 6.61 Å². The second-order valence-electron chi connectivity index (χ2n) is 4.89. The number of likely N-dealkylation sites (N-methyl/N-ethyl adjacent to an activating group) is 1. The number of nitrogens with one attached hydrogen (secondary N) is 1. The van der Waals surface area contributed by atoms with Crippen LogP contribution >= 0.6 is 0 Å². The fourth-order valence-electron chi connectivity index (χ4n) is 0.948. The van der Waals surface area contributed by atoms with E-state index in [-0.39, 0.29) is 0 Å². The predicted octanol–water partition coefficient (Wildman–Crippen LogP) is 2.60. The zero-order valence-corrected chi connectivity index (χ0v) is 10.2. The molecule has 0 fully saturated rings. The lowest BCUT2D eigenvalue weighted by Gasteiger charge is -2.17. The van der Waals surface area contributed by atoms with Crippen LogP contribution in [0.15, 0.2) is 12.2 Å². The lowest BCUT2D eigenvalue weighted by molar-refractivity contribution is 0.125. The summed E-state index contributed by atoms with van der Waals surface area (Å²) in [5.74, 6) is 0. The van der Waals surface area contributed by atoms with Gasteiger partial charge in [-0.2, -0.15) is 0 Å². The Kier molecular flexibility index (Phi) is 6.85. The zero-order chi connectivity index (χ0) is 11.0. The van der Waals surface area contributed by atoms with Crippen molar-refractivity contribution in [1.82, 2.24) is 5.32 Å². The average molecular weight is 199 g/mol. The van der Waals surface area contributed by atoms with Gasteiger partial charge in [0.2, 0.25) is 0 Å². The fraction of sp³-hybridized carbons (Fsp3) is 0.833. The molecule has 0 unspecified atom stereocenters. The predicted molar refractivity (Wildman–Crippen MR) is 62.6 cm³/mol. The Morgan fingerprint density at radius 2 is 2.00 bits per heavy atom. The van der Waals surface area contributed by atoms with Crippen LogP contribution in [0.4, 0.5) is 0 Å². The molecule has 0 rings (SSSR count). The first-order chi connectivity index (χ1) is 6.45. The summed E-state index contributed by atoms with van der Waals surface area (Å²) >= 11 is 0. The summed E-state index contributed by atoms with van der Waals surface area (Å²) < 4.78 is 5.53. The maximum Gasteiger partial charge on any atom is 0.0686 e. The third kappa shape index (κ3) is 9.75. The van der Waals surface area contributed by atoms with E-state index in [1.807, 2.05) is 0 Å². The van der Waals surface area contributed by atoms with E-state index in [0.29, 0.717) is 12.0 Å². The van der Waals surface area contributed by atoms with Crippen LogP contribution in [0, 0.1) is 5.41 Å². The van der Waals surface area contributed by atoms with Crippen LogP contribution in [0.3, 0.4) is 0 Å². The van der Waals surface area contributed by atoms with Gasteiger partial charge in [0.1, 0.15) is 0 Å². The van der Waals surface area contributed by atoms with E-state index in [1.165, 1.54) is 0 Å². The van der Waals surface area contributed by atoms with E-state index in [2.05, 4.69) is 39.6 Å². The van der Waals surface area contributed by atoms with Crippen molar-refractivity contribution in [2.24, 2.45) is 5.41 Å². The lowest BCUT2D eigenvalue weighted by atomic mass is 9.93. The Morgan fingerprint density at radius 1 is 1.36 bits per heavy atom. The molecule has 1 N–H and O–H groups in total. The average Bonchev–Trinajstić information content (AvgIpc) is 2.07. The molecule has 0 saturated heterocycles. The van der Waals surface area contributed by atoms with Crippen molar-refractivity contribution in [3.05, 3.63) is 12.2 Å². The van der Waals surface area contributed by atoms with Gasteiger partial charge >= 0.3 is 0 Å². The molecule has 0 aliphatic rings. The Balaban J connectivity index is 3.32. The van der Waals surface area contributed by atoms with Gasteiger partial charge in [0.15, 0.2) is 0 Å². The van der Waals surface area contributed by atoms with Crippen molar-refractivity contribution in [2.45, 2.75) is 34.1 Å². The Bertz CT molecular complexity index is 158. The van der Waals surface area contributed by atoms with Gasteiger partial charge in [-0.25, -0.2) is 0 Å². The summed E-state index contributed by atoms with van der Waals surface area (Å²) in [5, 5.41) is 3.23. The lowest BCUT2D eigenvalue weighted by Crippen LogP contribution is -2.18. The highest BCUT2D eigenvalue weighted by Gasteiger charge is 2.09. The normalized spacial score (nSPS) is 11.7. The molecular weight excluding hydrogens is 174 g/mol. The minimum Gasteiger partial charge on any atom is -0.377 e. The van der Waals surface area contributed by atoms with Gasteiger partial charge in [-0.05, 0) is 24.0 Å². The third-order valence-electron chi connectivity index (χ3n) is 1.93. The quantitative estimate of drug-likeness (QED) is 0.502. The summed E-state index contributed by atoms with van der Waals surface area (Å²) in [4.78, 5) is 0. The Labute approximate surface area is 88.7 Å². The maximum absolute atomic E-state index is 5.53. The largest absolute Gasteiger partial charge is 0.377 e. The summed E-state index contributed by atoms with van der Waals surface area (Å²) in [6.45, 7) is 16.1. The van der Waals surface area contributed by atoms with Gasteiger partial charge in [0.25, 0.3) is 0 Å². The van der Waals surface area contributed by atoms with Crippen molar-refractivity contribution in [3.63, 3.8) is 0 Å². The van der Waals surface area contributed by atoms with Crippen LogP contribution < -0.4 is 5.32 Å². The second kappa shape index (κ2) is 7.02. The molecule has 0 aliphatic carbocycles. The van der Waals surface area contributed by atoms with Crippen LogP contribution in [-0.4, -0.2) is 26.3 Å². The first kappa shape index (κ1) is 13.7. The van der Waals surface area contributed by atoms with Crippen LogP contribution in [0.2, 0.25) is 0 Å². The smallest absolute Gasteiger partial charge is 0.0686 e. The first-order valence-electron chi connectivity index (χ1n) is 5.41. The van der Waals surface area contributed by atoms with Crippen LogP contribution in [0.25, 0.3) is 0 Å². The molecular formula is C12H25NO. The molecule has 0 aromatic heterocycles. The summed E-state index contributed by atoms with van der Waals surface area (Å²) in [7, 11) is 0. The maximum atomic E-state index is 5.53. The van der Waals surface area contributed by atoms with Crippen LogP contribution in [0.1, 0.15) is 34.1 Å². The monoisotopic (exact) mass is 199 g/mol. The molecule has 14 heavy (non-hydrogen) atoms. The minimum atomic E-state index is 0.364. The van der Waals surface area contributed by atoms with E-state index in [1.54, 1.807) is 0 Å². The molecule has 0 aromatic rings. The van der Waals surface area contributed by atoms with Crippen LogP contribution in [0.5, 0.6) is 0 Å². The number of hydrogen-bond donors (Lipinski definition) is 1. The van der Waals surface area contributed by atoms with Crippen molar-refractivity contribution in [1.29, 1.82) is 0 Å². The molecule has 0 aliphatic heterocycles. The van der Waals surface area contributed by atoms with Crippen molar-refractivity contribution < 1.29 is 4.74 Å². The minimum absolute atomic E-state index is 0.364. The van der Waals surface area contributed by atoms with Crippen molar-refractivity contribution >= 4 is 0 Å². The number of ether oxygens (including phenoxy) is 1. The zero-order valence-electron chi connectivity index (χ0n) is 10.2. The molecule has 0 atom stereocenters. The topological polar surface area (TPSA) is 21.3 Å². The molecule has 0 amide bonds. The molecule has 0 spiro atoms. The van der Waals surface area contributed by atoms with Gasteiger partial charge in [-0.15, -0.1) is 0 Å². The summed E-state index contributed by atoms with van der Waals surface area (Å²) in [6, 6.07) is 0. The summed E-state index contributed by atoms with van der Waals surface area (Å²) in [6.07, 6.45) is 1.10. The van der Waals surface area contributed by atoms with Crippen molar-refractivity contribution in [2.75, 3.05) is 26.3 Å². The van der Waals surface area contributed by atoms with E-state index in [4.69, 9.17) is 4.74 Å². The van der Waals surface area contributed by atoms with Gasteiger partial charge in [-0.1, -0.05) is 34.3 Å². The van der Waals surface area contributed by atoms with Gasteiger partial charge in [0, 0.05) is 13.2 Å². The number of rotatable bonds is 7. The molecule has 0 bridgehead atoms. The van der Waals surface area contributed by atoms with E-state index in [9.17, 15) is 0 Å². The van der Waals surface area contributed by atoms with E-state index < -0.39 is 0 Å². The Morgan fingerprint density at radius 3 is 2.50 bits per heavy atom. The van der Waals surface area contributed by atoms with Gasteiger partial charge < -0.3 is 10.1 Å². The molecule has 0 radical (unpaired) electrons. The highest BCUT2D eigenvalue weighted by atomic mass is 16.5. The van der Waals surface area contributed by atoms with Crippen molar-refractivity contribution in [3.8, 4) is 0 Å². The standard InChI is InChI=1S/C12H25NO/c1-6-13-9-11(2)10-14-8-7-12(3,4)5/h13H,2,6-10H2,1,3-5H3. The fourth-order valence-corrected chi connectivity index (χ4v) is 0.948. The molecule has 84 valence electrons. The van der Waals surface area contributed by atoms with E-state index >= 15 is 0 Å². The molecule has 2 nitrogen and oxygen atoms in total. The highest BCUT2D eigenvalue weighted by Crippen LogP contribution is 2.17.